The van der Waals surface area contributed by atoms with E-state index in [4.69, 9.17) is 9.47 Å². The van der Waals surface area contributed by atoms with Crippen LogP contribution in [0.2, 0.25) is 0 Å². The highest BCUT2D eigenvalue weighted by atomic mass is 32.2. The van der Waals surface area contributed by atoms with Crippen LogP contribution in [0.1, 0.15) is 39.5 Å². The minimum absolute atomic E-state index is 0.451. The van der Waals surface area contributed by atoms with Gasteiger partial charge in [0.05, 0.1) is 12.2 Å². The Kier molecular flexibility index (Phi) is 3.17. The molecule has 2 nitrogen and oxygen atoms in total. The fourth-order valence-electron chi connectivity index (χ4n) is 1.60. The van der Waals surface area contributed by atoms with E-state index in [9.17, 15) is 0 Å². The Morgan fingerprint density at radius 2 is 1.38 bits per heavy atom. The average molecular weight is 202 g/mol. The summed E-state index contributed by atoms with van der Waals surface area (Å²) in [4.78, 5) is 0. The van der Waals surface area contributed by atoms with Crippen LogP contribution in [0.25, 0.3) is 0 Å². The molecular weight excluding hydrogens is 184 g/mol. The summed E-state index contributed by atoms with van der Waals surface area (Å²) in [6, 6.07) is 0. The molecule has 76 valence electrons. The summed E-state index contributed by atoms with van der Waals surface area (Å²) in [6.07, 6.45) is 5.94. The van der Waals surface area contributed by atoms with E-state index in [1.54, 1.807) is 0 Å². The number of hydrogen-bond acceptors (Lipinski definition) is 3. The summed E-state index contributed by atoms with van der Waals surface area (Å²) >= 11 is 1.88. The number of thioether (sulfide) groups is 1. The molecule has 0 aliphatic carbocycles. The summed E-state index contributed by atoms with van der Waals surface area (Å²) < 4.78 is 11.0. The molecule has 2 aliphatic heterocycles. The van der Waals surface area contributed by atoms with Gasteiger partial charge in [-0.25, -0.2) is 0 Å². The van der Waals surface area contributed by atoms with E-state index < -0.39 is 0 Å². The largest absolute Gasteiger partial charge is 0.358 e. The van der Waals surface area contributed by atoms with Gasteiger partial charge < -0.3 is 9.47 Å². The molecule has 0 spiro atoms. The van der Waals surface area contributed by atoms with Crippen LogP contribution in [0.3, 0.4) is 0 Å². The van der Waals surface area contributed by atoms with Gasteiger partial charge in [-0.1, -0.05) is 38.5 Å². The fraction of sp³-hybridized carbons (Fsp3) is 1.00. The predicted octanol–water partition coefficient (Wildman–Crippen LogP) is 2.77. The Balaban J connectivity index is 1.56. The van der Waals surface area contributed by atoms with E-state index in [-0.39, 0.29) is 0 Å². The van der Waals surface area contributed by atoms with E-state index in [2.05, 4.69) is 13.8 Å². The molecule has 0 radical (unpaired) electrons. The zero-order chi connectivity index (χ0) is 9.26. The van der Waals surface area contributed by atoms with Gasteiger partial charge in [-0.2, -0.15) is 0 Å². The van der Waals surface area contributed by atoms with Crippen LogP contribution < -0.4 is 0 Å². The van der Waals surface area contributed by atoms with Gasteiger partial charge in [-0.15, -0.1) is 0 Å². The van der Waals surface area contributed by atoms with Crippen molar-refractivity contribution in [2.75, 3.05) is 0 Å². The topological polar surface area (TPSA) is 25.1 Å². The lowest BCUT2D eigenvalue weighted by atomic mass is 10.3. The first-order valence-electron chi connectivity index (χ1n) is 5.31. The van der Waals surface area contributed by atoms with Gasteiger partial charge in [0.2, 0.25) is 0 Å². The smallest absolute Gasteiger partial charge is 0.132 e. The molecule has 13 heavy (non-hydrogen) atoms. The molecule has 2 rings (SSSR count). The Morgan fingerprint density at radius 1 is 0.923 bits per heavy atom. The van der Waals surface area contributed by atoms with Gasteiger partial charge in [0.25, 0.3) is 0 Å². The summed E-state index contributed by atoms with van der Waals surface area (Å²) in [5.41, 5.74) is 0.901. The number of rotatable bonds is 6. The van der Waals surface area contributed by atoms with Crippen LogP contribution in [0.4, 0.5) is 0 Å². The van der Waals surface area contributed by atoms with Crippen molar-refractivity contribution in [2.24, 2.45) is 0 Å². The van der Waals surface area contributed by atoms with Crippen LogP contribution in [-0.4, -0.2) is 23.1 Å². The molecule has 2 saturated heterocycles. The molecule has 2 heterocycles. The lowest BCUT2D eigenvalue weighted by molar-refractivity contribution is 0.381. The van der Waals surface area contributed by atoms with E-state index in [1.807, 2.05) is 11.8 Å². The molecule has 2 fully saturated rings. The Labute approximate surface area is 84.4 Å². The third kappa shape index (κ3) is 2.61. The second-order valence-electron chi connectivity index (χ2n) is 3.80. The quantitative estimate of drug-likeness (QED) is 0.619. The summed E-state index contributed by atoms with van der Waals surface area (Å²) in [5.74, 6) is 0. The van der Waals surface area contributed by atoms with Crippen molar-refractivity contribution in [1.82, 2.24) is 0 Å². The lowest BCUT2D eigenvalue weighted by Gasteiger charge is -1.90. The summed E-state index contributed by atoms with van der Waals surface area (Å²) in [6.45, 7) is 4.41. The fourth-order valence-corrected chi connectivity index (χ4v) is 2.90. The molecule has 4 atom stereocenters. The maximum atomic E-state index is 5.52. The highest BCUT2D eigenvalue weighted by molar-refractivity contribution is 8.00. The van der Waals surface area contributed by atoms with Gasteiger partial charge >= 0.3 is 0 Å². The minimum Gasteiger partial charge on any atom is -0.358 e. The first-order chi connectivity index (χ1) is 6.35. The van der Waals surface area contributed by atoms with Crippen molar-refractivity contribution in [2.45, 2.75) is 62.6 Å². The molecule has 4 unspecified atom stereocenters. The van der Waals surface area contributed by atoms with Crippen molar-refractivity contribution in [3.05, 3.63) is 0 Å². The molecule has 0 bridgehead atoms. The van der Waals surface area contributed by atoms with Gasteiger partial charge in [-0.05, 0) is 12.8 Å². The highest BCUT2D eigenvalue weighted by Gasteiger charge is 2.47. The molecule has 3 heteroatoms. The Morgan fingerprint density at radius 3 is 1.77 bits per heavy atom. The van der Waals surface area contributed by atoms with Crippen molar-refractivity contribution < 1.29 is 9.47 Å². The first kappa shape index (κ1) is 9.81. The third-order valence-corrected chi connectivity index (χ3v) is 3.85. The maximum Gasteiger partial charge on any atom is 0.132 e. The number of hydrogen-bond donors (Lipinski definition) is 0. The summed E-state index contributed by atoms with van der Waals surface area (Å²) in [5, 5.41) is 0. The second kappa shape index (κ2) is 4.20. The lowest BCUT2D eigenvalue weighted by Crippen LogP contribution is -1.94. The number of ether oxygens (including phenoxy) is 2. The zero-order valence-corrected chi connectivity index (χ0v) is 9.18. The van der Waals surface area contributed by atoms with Crippen molar-refractivity contribution in [3.63, 3.8) is 0 Å². The van der Waals surface area contributed by atoms with E-state index >= 15 is 0 Å². The van der Waals surface area contributed by atoms with Crippen molar-refractivity contribution in [3.8, 4) is 0 Å². The van der Waals surface area contributed by atoms with Crippen LogP contribution in [0.15, 0.2) is 0 Å². The average Bonchev–Trinajstić information content (AvgIpc) is 2.97. The minimum atomic E-state index is 0.451. The third-order valence-electron chi connectivity index (χ3n) is 2.49. The molecule has 0 N–H and O–H groups in total. The standard InChI is InChI=1S/C10H18O2S/c1-3-5-7-9(11-7)13-10-8(12-10)6-4-2/h7-10H,3-6H2,1-2H3. The molecule has 2 aliphatic rings. The predicted molar refractivity (Wildman–Crippen MR) is 54.7 cm³/mol. The zero-order valence-electron chi connectivity index (χ0n) is 8.36. The monoisotopic (exact) mass is 202 g/mol. The van der Waals surface area contributed by atoms with Crippen LogP contribution in [-0.2, 0) is 9.47 Å². The summed E-state index contributed by atoms with van der Waals surface area (Å²) in [7, 11) is 0. The molecule has 0 aromatic rings. The van der Waals surface area contributed by atoms with Crippen LogP contribution >= 0.6 is 11.8 Å². The normalized spacial score (nSPS) is 42.0. The maximum absolute atomic E-state index is 5.52. The van der Waals surface area contributed by atoms with Gasteiger partial charge in [0, 0.05) is 0 Å². The van der Waals surface area contributed by atoms with E-state index in [1.165, 1.54) is 25.7 Å². The van der Waals surface area contributed by atoms with Gasteiger partial charge in [0.15, 0.2) is 0 Å². The van der Waals surface area contributed by atoms with E-state index in [0.29, 0.717) is 23.1 Å². The van der Waals surface area contributed by atoms with Gasteiger partial charge in [0.1, 0.15) is 10.9 Å². The molecule has 0 aromatic heterocycles. The SMILES string of the molecule is CCCC1OC1SC1OC1CCC. The Bertz CT molecular complexity index is 156. The van der Waals surface area contributed by atoms with Crippen molar-refractivity contribution >= 4 is 11.8 Å². The van der Waals surface area contributed by atoms with Crippen molar-refractivity contribution in [1.29, 1.82) is 0 Å². The van der Waals surface area contributed by atoms with Gasteiger partial charge in [-0.3, -0.25) is 0 Å². The molecular formula is C10H18O2S. The van der Waals surface area contributed by atoms with Crippen LogP contribution in [0.5, 0.6) is 0 Å². The molecule has 0 aromatic carbocycles. The second-order valence-corrected chi connectivity index (χ2v) is 5.00. The number of epoxide rings is 2. The first-order valence-corrected chi connectivity index (χ1v) is 6.25. The highest BCUT2D eigenvalue weighted by Crippen LogP contribution is 2.46. The molecule has 0 amide bonds. The van der Waals surface area contributed by atoms with Crippen LogP contribution in [0, 0.1) is 0 Å². The Hall–Kier alpha value is 0.270. The molecule has 0 saturated carbocycles. The van der Waals surface area contributed by atoms with E-state index in [0.717, 1.165) is 0 Å².